The van der Waals surface area contributed by atoms with Crippen LogP contribution in [0.15, 0.2) is 18.5 Å². The lowest BCUT2D eigenvalue weighted by atomic mass is 9.88. The van der Waals surface area contributed by atoms with Crippen molar-refractivity contribution in [2.45, 2.75) is 51.1 Å². The monoisotopic (exact) mass is 345 g/mol. The van der Waals surface area contributed by atoms with E-state index in [0.29, 0.717) is 6.04 Å². The predicted octanol–water partition coefficient (Wildman–Crippen LogP) is 2.23. The van der Waals surface area contributed by atoms with E-state index >= 15 is 0 Å². The SMILES string of the molecule is CC1CCN(CC2CCNCC2N2CCC(n3cccn3)CC2)CC1. The Kier molecular flexibility index (Phi) is 5.73. The molecule has 3 fully saturated rings. The highest BCUT2D eigenvalue weighted by molar-refractivity contribution is 4.91. The lowest BCUT2D eigenvalue weighted by Crippen LogP contribution is -2.56. The summed E-state index contributed by atoms with van der Waals surface area (Å²) in [4.78, 5) is 5.53. The molecule has 0 aliphatic carbocycles. The largest absolute Gasteiger partial charge is 0.315 e. The Bertz CT molecular complexity index is 500. The molecule has 0 amide bonds. The van der Waals surface area contributed by atoms with Crippen molar-refractivity contribution < 1.29 is 0 Å². The molecule has 4 heterocycles. The van der Waals surface area contributed by atoms with Gasteiger partial charge in [0, 0.05) is 44.6 Å². The average molecular weight is 346 g/mol. The molecule has 0 aromatic carbocycles. The van der Waals surface area contributed by atoms with Gasteiger partial charge in [0.2, 0.25) is 0 Å². The third-order valence-corrected chi connectivity index (χ3v) is 6.83. The van der Waals surface area contributed by atoms with Crippen LogP contribution in [0.25, 0.3) is 0 Å². The Balaban J connectivity index is 1.32. The van der Waals surface area contributed by atoms with E-state index < -0.39 is 0 Å². The van der Waals surface area contributed by atoms with Crippen molar-refractivity contribution in [1.82, 2.24) is 24.9 Å². The standard InChI is InChI=1S/C20H35N5/c1-17-4-11-23(12-5-17)16-18-3-9-21-15-20(18)24-13-6-19(7-14-24)25-10-2-8-22-25/h2,8,10,17-21H,3-7,9,11-16H2,1H3. The van der Waals surface area contributed by atoms with Gasteiger partial charge in [-0.25, -0.2) is 0 Å². The van der Waals surface area contributed by atoms with Crippen LogP contribution in [0.5, 0.6) is 0 Å². The van der Waals surface area contributed by atoms with Gasteiger partial charge in [-0.3, -0.25) is 9.58 Å². The van der Waals surface area contributed by atoms with E-state index in [9.17, 15) is 0 Å². The molecule has 0 radical (unpaired) electrons. The Morgan fingerprint density at radius 1 is 1.04 bits per heavy atom. The van der Waals surface area contributed by atoms with Crippen molar-refractivity contribution in [1.29, 1.82) is 0 Å². The van der Waals surface area contributed by atoms with Crippen molar-refractivity contribution in [3.63, 3.8) is 0 Å². The molecule has 3 aliphatic rings. The fourth-order valence-corrected chi connectivity index (χ4v) is 5.09. The van der Waals surface area contributed by atoms with E-state index in [1.54, 1.807) is 0 Å². The molecule has 1 aromatic heterocycles. The minimum absolute atomic E-state index is 0.602. The minimum Gasteiger partial charge on any atom is -0.315 e. The van der Waals surface area contributed by atoms with Crippen molar-refractivity contribution in [3.05, 3.63) is 18.5 Å². The molecule has 0 bridgehead atoms. The first-order valence-electron chi connectivity index (χ1n) is 10.5. The zero-order valence-electron chi connectivity index (χ0n) is 15.8. The lowest BCUT2D eigenvalue weighted by Gasteiger charge is -2.45. The van der Waals surface area contributed by atoms with Crippen molar-refractivity contribution in [3.8, 4) is 0 Å². The number of piperidine rings is 3. The summed E-state index contributed by atoms with van der Waals surface area (Å²) in [5, 5.41) is 8.12. The van der Waals surface area contributed by atoms with Crippen molar-refractivity contribution >= 4 is 0 Å². The lowest BCUT2D eigenvalue weighted by molar-refractivity contribution is 0.0518. The molecule has 140 valence electrons. The molecule has 0 spiro atoms. The van der Waals surface area contributed by atoms with Crippen molar-refractivity contribution in [2.24, 2.45) is 11.8 Å². The molecule has 4 rings (SSSR count). The molecule has 5 heteroatoms. The van der Waals surface area contributed by atoms with Gasteiger partial charge in [0.15, 0.2) is 0 Å². The Hall–Kier alpha value is -0.910. The van der Waals surface area contributed by atoms with Gasteiger partial charge < -0.3 is 10.2 Å². The van der Waals surface area contributed by atoms with E-state index in [1.807, 2.05) is 12.3 Å². The quantitative estimate of drug-likeness (QED) is 0.908. The molecule has 1 N–H and O–H groups in total. The molecule has 1 aromatic rings. The van der Waals surface area contributed by atoms with Crippen LogP contribution in [0.3, 0.4) is 0 Å². The third-order valence-electron chi connectivity index (χ3n) is 6.83. The fraction of sp³-hybridized carbons (Fsp3) is 0.850. The molecule has 3 saturated heterocycles. The Labute approximate surface area is 152 Å². The molecular formula is C20H35N5. The number of aromatic nitrogens is 2. The maximum Gasteiger partial charge on any atom is 0.0543 e. The zero-order chi connectivity index (χ0) is 17.1. The summed E-state index contributed by atoms with van der Waals surface area (Å²) in [5.41, 5.74) is 0. The summed E-state index contributed by atoms with van der Waals surface area (Å²) < 4.78 is 2.17. The Morgan fingerprint density at radius 2 is 1.84 bits per heavy atom. The van der Waals surface area contributed by atoms with Gasteiger partial charge in [-0.15, -0.1) is 0 Å². The molecule has 2 unspecified atom stereocenters. The molecular weight excluding hydrogens is 310 g/mol. The van der Waals surface area contributed by atoms with Crippen LogP contribution in [0.2, 0.25) is 0 Å². The summed E-state index contributed by atoms with van der Waals surface area (Å²) in [6, 6.07) is 3.38. The number of rotatable bonds is 4. The summed E-state index contributed by atoms with van der Waals surface area (Å²) in [6.07, 6.45) is 10.7. The highest BCUT2D eigenvalue weighted by Crippen LogP contribution is 2.28. The van der Waals surface area contributed by atoms with Gasteiger partial charge in [0.05, 0.1) is 6.04 Å². The maximum absolute atomic E-state index is 4.45. The summed E-state index contributed by atoms with van der Waals surface area (Å²) in [6.45, 7) is 11.2. The van der Waals surface area contributed by atoms with E-state index in [4.69, 9.17) is 0 Å². The second-order valence-electron chi connectivity index (χ2n) is 8.56. The summed E-state index contributed by atoms with van der Waals surface area (Å²) in [7, 11) is 0. The van der Waals surface area contributed by atoms with Crippen LogP contribution in [-0.2, 0) is 0 Å². The minimum atomic E-state index is 0.602. The molecule has 2 atom stereocenters. The van der Waals surface area contributed by atoms with Crippen LogP contribution >= 0.6 is 0 Å². The number of likely N-dealkylation sites (tertiary alicyclic amines) is 2. The number of nitrogens with zero attached hydrogens (tertiary/aromatic N) is 4. The first kappa shape index (κ1) is 17.5. The van der Waals surface area contributed by atoms with E-state index in [0.717, 1.165) is 17.9 Å². The highest BCUT2D eigenvalue weighted by atomic mass is 15.3. The second kappa shape index (κ2) is 8.19. The first-order chi connectivity index (χ1) is 12.3. The highest BCUT2D eigenvalue weighted by Gasteiger charge is 2.34. The average Bonchev–Trinajstić information content (AvgIpc) is 3.19. The zero-order valence-corrected chi connectivity index (χ0v) is 15.8. The van der Waals surface area contributed by atoms with E-state index in [2.05, 4.69) is 38.0 Å². The molecule has 25 heavy (non-hydrogen) atoms. The smallest absolute Gasteiger partial charge is 0.0543 e. The topological polar surface area (TPSA) is 36.3 Å². The van der Waals surface area contributed by atoms with Gasteiger partial charge in [-0.2, -0.15) is 5.10 Å². The molecule has 5 nitrogen and oxygen atoms in total. The van der Waals surface area contributed by atoms with Crippen LogP contribution in [-0.4, -0.2) is 71.4 Å². The van der Waals surface area contributed by atoms with Crippen LogP contribution < -0.4 is 5.32 Å². The van der Waals surface area contributed by atoms with Gasteiger partial charge in [-0.05, 0) is 69.6 Å². The van der Waals surface area contributed by atoms with Gasteiger partial charge in [0.25, 0.3) is 0 Å². The molecule has 0 saturated carbocycles. The predicted molar refractivity (Wildman–Crippen MR) is 102 cm³/mol. The number of nitrogens with one attached hydrogen (secondary N) is 1. The van der Waals surface area contributed by atoms with E-state index in [-0.39, 0.29) is 0 Å². The van der Waals surface area contributed by atoms with Crippen molar-refractivity contribution in [2.75, 3.05) is 45.8 Å². The van der Waals surface area contributed by atoms with Gasteiger partial charge >= 0.3 is 0 Å². The third kappa shape index (κ3) is 4.26. The van der Waals surface area contributed by atoms with E-state index in [1.165, 1.54) is 77.9 Å². The normalized spacial score (nSPS) is 31.4. The second-order valence-corrected chi connectivity index (χ2v) is 8.56. The van der Waals surface area contributed by atoms with Gasteiger partial charge in [-0.1, -0.05) is 6.92 Å². The molecule has 3 aliphatic heterocycles. The summed E-state index contributed by atoms with van der Waals surface area (Å²) in [5.74, 6) is 1.78. The Morgan fingerprint density at radius 3 is 2.56 bits per heavy atom. The fourth-order valence-electron chi connectivity index (χ4n) is 5.09. The van der Waals surface area contributed by atoms with Crippen LogP contribution in [0.4, 0.5) is 0 Å². The number of hydrogen-bond donors (Lipinski definition) is 1. The summed E-state index contributed by atoms with van der Waals surface area (Å²) >= 11 is 0. The first-order valence-corrected chi connectivity index (χ1v) is 10.5. The number of hydrogen-bond acceptors (Lipinski definition) is 4. The van der Waals surface area contributed by atoms with Crippen LogP contribution in [0, 0.1) is 11.8 Å². The van der Waals surface area contributed by atoms with Gasteiger partial charge in [0.1, 0.15) is 0 Å². The maximum atomic E-state index is 4.45. The van der Waals surface area contributed by atoms with Crippen LogP contribution in [0.1, 0.15) is 45.1 Å².